The number of amides is 1. The molecule has 0 bridgehead atoms. The Morgan fingerprint density at radius 2 is 2.16 bits per heavy atom. The van der Waals surface area contributed by atoms with Gasteiger partial charge in [0.15, 0.2) is 5.65 Å². The first-order valence-electron chi connectivity index (χ1n) is 6.55. The summed E-state index contributed by atoms with van der Waals surface area (Å²) in [4.78, 5) is 16.1. The van der Waals surface area contributed by atoms with Gasteiger partial charge in [0.25, 0.3) is 0 Å². The lowest BCUT2D eigenvalue weighted by Crippen LogP contribution is -2.23. The first kappa shape index (κ1) is 13.5. The Kier molecular flexibility index (Phi) is 3.83. The van der Waals surface area contributed by atoms with Crippen LogP contribution in [0, 0.1) is 19.8 Å². The van der Waals surface area contributed by atoms with Crippen LogP contribution in [0.3, 0.4) is 0 Å². The van der Waals surface area contributed by atoms with Crippen molar-refractivity contribution in [1.82, 2.24) is 19.9 Å². The minimum Gasteiger partial charge on any atom is -0.352 e. The molecule has 0 aliphatic heterocycles. The maximum Gasteiger partial charge on any atom is 0.220 e. The van der Waals surface area contributed by atoms with Crippen LogP contribution < -0.4 is 5.32 Å². The molecule has 0 aliphatic rings. The van der Waals surface area contributed by atoms with E-state index < -0.39 is 0 Å². The summed E-state index contributed by atoms with van der Waals surface area (Å²) in [5, 5.41) is 7.22. The second-order valence-corrected chi connectivity index (χ2v) is 5.32. The van der Waals surface area contributed by atoms with Crippen LogP contribution in [0.25, 0.3) is 5.65 Å². The van der Waals surface area contributed by atoms with E-state index in [-0.39, 0.29) is 5.91 Å². The fourth-order valence-corrected chi connectivity index (χ4v) is 2.08. The SMILES string of the molecule is Cc1cc(C)n2ncc(CNC(=O)CC(C)C)c2n1. The van der Waals surface area contributed by atoms with Crippen molar-refractivity contribution in [3.63, 3.8) is 0 Å². The first-order valence-corrected chi connectivity index (χ1v) is 6.55. The standard InChI is InChI=1S/C14H20N4O/c1-9(2)5-13(19)15-7-12-8-16-18-11(4)6-10(3)17-14(12)18/h6,8-9H,5,7H2,1-4H3,(H,15,19). The quantitative estimate of drug-likeness (QED) is 0.914. The zero-order chi connectivity index (χ0) is 14.0. The highest BCUT2D eigenvalue weighted by Gasteiger charge is 2.10. The molecule has 5 heteroatoms. The van der Waals surface area contributed by atoms with Crippen molar-refractivity contribution in [3.8, 4) is 0 Å². The predicted molar refractivity (Wildman–Crippen MR) is 73.8 cm³/mol. The van der Waals surface area contributed by atoms with Crippen molar-refractivity contribution in [3.05, 3.63) is 29.2 Å². The minimum absolute atomic E-state index is 0.0683. The van der Waals surface area contributed by atoms with Gasteiger partial charge in [0, 0.05) is 29.9 Å². The van der Waals surface area contributed by atoms with E-state index in [9.17, 15) is 4.79 Å². The van der Waals surface area contributed by atoms with Gasteiger partial charge in [0.05, 0.1) is 6.20 Å². The lowest BCUT2D eigenvalue weighted by molar-refractivity contribution is -0.121. The summed E-state index contributed by atoms with van der Waals surface area (Å²) in [5.41, 5.74) is 3.77. The number of aromatic nitrogens is 3. The van der Waals surface area contributed by atoms with E-state index in [1.807, 2.05) is 33.8 Å². The van der Waals surface area contributed by atoms with Crippen molar-refractivity contribution >= 4 is 11.6 Å². The second-order valence-electron chi connectivity index (χ2n) is 5.32. The Bertz CT molecular complexity index is 601. The van der Waals surface area contributed by atoms with E-state index in [0.29, 0.717) is 18.9 Å². The fourth-order valence-electron chi connectivity index (χ4n) is 2.08. The molecule has 0 saturated carbocycles. The summed E-state index contributed by atoms with van der Waals surface area (Å²) in [6.07, 6.45) is 2.31. The zero-order valence-electron chi connectivity index (χ0n) is 11.9. The second kappa shape index (κ2) is 5.38. The van der Waals surface area contributed by atoms with Crippen molar-refractivity contribution in [2.24, 2.45) is 5.92 Å². The molecule has 0 saturated heterocycles. The van der Waals surface area contributed by atoms with Crippen LogP contribution in [-0.4, -0.2) is 20.5 Å². The Morgan fingerprint density at radius 1 is 1.42 bits per heavy atom. The molecule has 19 heavy (non-hydrogen) atoms. The Hall–Kier alpha value is -1.91. The zero-order valence-corrected chi connectivity index (χ0v) is 11.9. The van der Waals surface area contributed by atoms with Crippen LogP contribution in [0.2, 0.25) is 0 Å². The first-order chi connectivity index (χ1) is 8.97. The molecule has 0 aliphatic carbocycles. The molecule has 0 fully saturated rings. The average Bonchev–Trinajstić information content (AvgIpc) is 2.68. The topological polar surface area (TPSA) is 59.3 Å². The number of nitrogens with zero attached hydrogens (tertiary/aromatic N) is 3. The van der Waals surface area contributed by atoms with E-state index in [4.69, 9.17) is 0 Å². The molecule has 0 unspecified atom stereocenters. The molecule has 102 valence electrons. The van der Waals surface area contributed by atoms with Crippen LogP contribution in [0.1, 0.15) is 37.2 Å². The molecule has 2 rings (SSSR count). The van der Waals surface area contributed by atoms with Gasteiger partial charge in [-0.3, -0.25) is 4.79 Å². The van der Waals surface area contributed by atoms with Gasteiger partial charge in [-0.15, -0.1) is 0 Å². The highest BCUT2D eigenvalue weighted by atomic mass is 16.1. The molecule has 2 aromatic heterocycles. The lowest BCUT2D eigenvalue weighted by atomic mass is 10.1. The van der Waals surface area contributed by atoms with Gasteiger partial charge >= 0.3 is 0 Å². The summed E-state index contributed by atoms with van der Waals surface area (Å²) in [5.74, 6) is 0.435. The van der Waals surface area contributed by atoms with Gasteiger partial charge < -0.3 is 5.32 Å². The van der Waals surface area contributed by atoms with Gasteiger partial charge in [-0.1, -0.05) is 13.8 Å². The number of carbonyl (C=O) groups is 1. The van der Waals surface area contributed by atoms with Crippen molar-refractivity contribution in [1.29, 1.82) is 0 Å². The highest BCUT2D eigenvalue weighted by Crippen LogP contribution is 2.11. The molecule has 0 spiro atoms. The predicted octanol–water partition coefficient (Wildman–Crippen LogP) is 2.01. The monoisotopic (exact) mass is 260 g/mol. The summed E-state index contributed by atoms with van der Waals surface area (Å²) in [7, 11) is 0. The van der Waals surface area contributed by atoms with E-state index in [1.165, 1.54) is 0 Å². The lowest BCUT2D eigenvalue weighted by Gasteiger charge is -2.06. The van der Waals surface area contributed by atoms with Crippen LogP contribution in [0.5, 0.6) is 0 Å². The van der Waals surface area contributed by atoms with Gasteiger partial charge in [-0.05, 0) is 25.8 Å². The van der Waals surface area contributed by atoms with E-state index >= 15 is 0 Å². The van der Waals surface area contributed by atoms with E-state index in [2.05, 4.69) is 15.4 Å². The molecule has 5 nitrogen and oxygen atoms in total. The van der Waals surface area contributed by atoms with Crippen molar-refractivity contribution < 1.29 is 4.79 Å². The number of nitrogens with one attached hydrogen (secondary N) is 1. The largest absolute Gasteiger partial charge is 0.352 e. The normalized spacial score (nSPS) is 11.2. The molecule has 2 aromatic rings. The molecule has 0 radical (unpaired) electrons. The third-order valence-corrected chi connectivity index (χ3v) is 2.92. The van der Waals surface area contributed by atoms with Crippen molar-refractivity contribution in [2.75, 3.05) is 0 Å². The Balaban J connectivity index is 2.15. The number of aryl methyl sites for hydroxylation is 2. The third-order valence-electron chi connectivity index (χ3n) is 2.92. The molecule has 0 atom stereocenters. The molecule has 2 heterocycles. The molecular weight excluding hydrogens is 240 g/mol. The molecule has 1 N–H and O–H groups in total. The van der Waals surface area contributed by atoms with Gasteiger partial charge in [0.2, 0.25) is 5.91 Å². The number of carbonyl (C=O) groups excluding carboxylic acids is 1. The number of fused-ring (bicyclic) bond motifs is 1. The minimum atomic E-state index is 0.0683. The highest BCUT2D eigenvalue weighted by molar-refractivity contribution is 5.76. The summed E-state index contributed by atoms with van der Waals surface area (Å²) in [6.45, 7) is 8.49. The number of hydrogen-bond acceptors (Lipinski definition) is 3. The van der Waals surface area contributed by atoms with Crippen LogP contribution in [-0.2, 0) is 11.3 Å². The Morgan fingerprint density at radius 3 is 2.84 bits per heavy atom. The summed E-state index contributed by atoms with van der Waals surface area (Å²) in [6, 6.07) is 1.99. The van der Waals surface area contributed by atoms with E-state index in [1.54, 1.807) is 10.7 Å². The number of hydrogen-bond donors (Lipinski definition) is 1. The maximum absolute atomic E-state index is 11.7. The van der Waals surface area contributed by atoms with Gasteiger partial charge in [-0.25, -0.2) is 9.50 Å². The Labute approximate surface area is 113 Å². The summed E-state index contributed by atoms with van der Waals surface area (Å²) >= 11 is 0. The van der Waals surface area contributed by atoms with Crippen LogP contribution >= 0.6 is 0 Å². The average molecular weight is 260 g/mol. The van der Waals surface area contributed by atoms with Gasteiger partial charge in [-0.2, -0.15) is 5.10 Å². The molecule has 1 amide bonds. The van der Waals surface area contributed by atoms with Crippen LogP contribution in [0.15, 0.2) is 12.3 Å². The smallest absolute Gasteiger partial charge is 0.220 e. The summed E-state index contributed by atoms with van der Waals surface area (Å²) < 4.78 is 1.80. The van der Waals surface area contributed by atoms with Crippen molar-refractivity contribution in [2.45, 2.75) is 40.7 Å². The van der Waals surface area contributed by atoms with Gasteiger partial charge in [0.1, 0.15) is 0 Å². The fraction of sp³-hybridized carbons (Fsp3) is 0.500. The van der Waals surface area contributed by atoms with Crippen LogP contribution in [0.4, 0.5) is 0 Å². The number of rotatable bonds is 4. The molecular formula is C14H20N4O. The molecule has 0 aromatic carbocycles. The third kappa shape index (κ3) is 3.10. The maximum atomic E-state index is 11.7. The van der Waals surface area contributed by atoms with E-state index in [0.717, 1.165) is 22.6 Å².